The first kappa shape index (κ1) is 11.5. The van der Waals surface area contributed by atoms with Crippen LogP contribution in [0.15, 0.2) is 18.2 Å². The Morgan fingerprint density at radius 1 is 1.31 bits per heavy atom. The molecule has 2 heteroatoms. The lowest BCUT2D eigenvalue weighted by Crippen LogP contribution is -2.31. The number of likely N-dealkylation sites (tertiary alicyclic amines) is 1. The minimum absolute atomic E-state index is 0.860. The molecular weight excluding hydrogens is 196 g/mol. The Labute approximate surface area is 98.4 Å². The van der Waals surface area contributed by atoms with Crippen molar-refractivity contribution in [2.45, 2.75) is 26.2 Å². The molecule has 0 unspecified atom stereocenters. The van der Waals surface area contributed by atoms with Crippen molar-refractivity contribution in [3.63, 3.8) is 0 Å². The number of anilines is 1. The number of rotatable bonds is 2. The molecule has 0 atom stereocenters. The van der Waals surface area contributed by atoms with Gasteiger partial charge in [0.15, 0.2) is 0 Å². The quantitative estimate of drug-likeness (QED) is 0.773. The summed E-state index contributed by atoms with van der Waals surface area (Å²) < 4.78 is 0. The van der Waals surface area contributed by atoms with E-state index in [4.69, 9.17) is 5.73 Å². The second-order valence-corrected chi connectivity index (χ2v) is 5.14. The number of nitrogen functional groups attached to an aromatic ring is 1. The Morgan fingerprint density at radius 2 is 2.00 bits per heavy atom. The lowest BCUT2D eigenvalue weighted by molar-refractivity contribution is 0.219. The first-order valence-corrected chi connectivity index (χ1v) is 6.18. The van der Waals surface area contributed by atoms with Gasteiger partial charge in [-0.05, 0) is 75.5 Å². The molecule has 1 aliphatic rings. The summed E-state index contributed by atoms with van der Waals surface area (Å²) in [4.78, 5) is 2.42. The first-order chi connectivity index (χ1) is 7.65. The molecule has 0 bridgehead atoms. The molecule has 88 valence electrons. The van der Waals surface area contributed by atoms with Crippen molar-refractivity contribution in [3.8, 4) is 0 Å². The van der Waals surface area contributed by atoms with Crippen LogP contribution in [0.4, 0.5) is 5.69 Å². The molecule has 2 N–H and O–H groups in total. The van der Waals surface area contributed by atoms with Gasteiger partial charge in [0.2, 0.25) is 0 Å². The lowest BCUT2D eigenvalue weighted by atomic mass is 9.89. The molecule has 1 heterocycles. The summed E-state index contributed by atoms with van der Waals surface area (Å²) in [6.45, 7) is 4.66. The Balaban J connectivity index is 1.98. The van der Waals surface area contributed by atoms with Gasteiger partial charge in [-0.2, -0.15) is 0 Å². The van der Waals surface area contributed by atoms with Gasteiger partial charge < -0.3 is 10.6 Å². The standard InChI is InChI=1S/C14H22N2/c1-11-9-14(15)4-3-13(11)10-12-5-7-16(2)8-6-12/h3-4,9,12H,5-8,10,15H2,1-2H3. The molecule has 2 nitrogen and oxygen atoms in total. The van der Waals surface area contributed by atoms with E-state index in [-0.39, 0.29) is 0 Å². The summed E-state index contributed by atoms with van der Waals surface area (Å²) in [6, 6.07) is 6.31. The van der Waals surface area contributed by atoms with Crippen molar-refractivity contribution in [2.75, 3.05) is 25.9 Å². The van der Waals surface area contributed by atoms with Gasteiger partial charge in [-0.25, -0.2) is 0 Å². The van der Waals surface area contributed by atoms with Gasteiger partial charge in [-0.1, -0.05) is 6.07 Å². The molecule has 1 aliphatic heterocycles. The second-order valence-electron chi connectivity index (χ2n) is 5.14. The van der Waals surface area contributed by atoms with Crippen molar-refractivity contribution in [3.05, 3.63) is 29.3 Å². The molecule has 0 spiro atoms. The molecule has 0 aromatic heterocycles. The number of nitrogens with two attached hydrogens (primary N) is 1. The summed E-state index contributed by atoms with van der Waals surface area (Å²) in [5, 5.41) is 0. The van der Waals surface area contributed by atoms with Crippen LogP contribution in [-0.4, -0.2) is 25.0 Å². The zero-order valence-corrected chi connectivity index (χ0v) is 10.4. The normalized spacial score (nSPS) is 18.9. The number of hydrogen-bond donors (Lipinski definition) is 1. The maximum atomic E-state index is 5.77. The average Bonchev–Trinajstić information content (AvgIpc) is 2.25. The molecular formula is C14H22N2. The fourth-order valence-corrected chi connectivity index (χ4v) is 2.53. The number of benzene rings is 1. The van der Waals surface area contributed by atoms with Crippen LogP contribution < -0.4 is 5.73 Å². The van der Waals surface area contributed by atoms with Crippen LogP contribution in [0.5, 0.6) is 0 Å². The summed E-state index contributed by atoms with van der Waals surface area (Å²) in [5.41, 5.74) is 9.47. The second kappa shape index (κ2) is 4.88. The Kier molecular flexibility index (Phi) is 3.49. The van der Waals surface area contributed by atoms with Gasteiger partial charge in [0, 0.05) is 5.69 Å². The van der Waals surface area contributed by atoms with Crippen molar-refractivity contribution in [2.24, 2.45) is 5.92 Å². The zero-order valence-electron chi connectivity index (χ0n) is 10.4. The van der Waals surface area contributed by atoms with Crippen LogP contribution in [0.1, 0.15) is 24.0 Å². The molecule has 1 fully saturated rings. The van der Waals surface area contributed by atoms with Gasteiger partial charge in [0.1, 0.15) is 0 Å². The summed E-state index contributed by atoms with van der Waals surface area (Å²) in [6.07, 6.45) is 3.89. The van der Waals surface area contributed by atoms with Gasteiger partial charge in [0.25, 0.3) is 0 Å². The summed E-state index contributed by atoms with van der Waals surface area (Å²) in [7, 11) is 2.21. The molecule has 0 saturated carbocycles. The largest absolute Gasteiger partial charge is 0.399 e. The Bertz CT molecular complexity index is 352. The fraction of sp³-hybridized carbons (Fsp3) is 0.571. The van der Waals surface area contributed by atoms with Gasteiger partial charge >= 0.3 is 0 Å². The van der Waals surface area contributed by atoms with Crippen molar-refractivity contribution < 1.29 is 0 Å². The first-order valence-electron chi connectivity index (χ1n) is 6.18. The molecule has 2 rings (SSSR count). The molecule has 0 aliphatic carbocycles. The third-order valence-corrected chi connectivity index (χ3v) is 3.71. The van der Waals surface area contributed by atoms with Crippen molar-refractivity contribution >= 4 is 5.69 Å². The van der Waals surface area contributed by atoms with Gasteiger partial charge in [-0.15, -0.1) is 0 Å². The molecule has 1 aromatic rings. The highest BCUT2D eigenvalue weighted by Gasteiger charge is 2.17. The predicted molar refractivity (Wildman–Crippen MR) is 69.5 cm³/mol. The molecule has 0 radical (unpaired) electrons. The van der Waals surface area contributed by atoms with E-state index >= 15 is 0 Å². The van der Waals surface area contributed by atoms with E-state index in [0.717, 1.165) is 11.6 Å². The maximum absolute atomic E-state index is 5.77. The minimum atomic E-state index is 0.860. The third-order valence-electron chi connectivity index (χ3n) is 3.71. The molecule has 1 saturated heterocycles. The van der Waals surface area contributed by atoms with E-state index in [2.05, 4.69) is 31.0 Å². The predicted octanol–water partition coefficient (Wildman–Crippen LogP) is 2.46. The summed E-state index contributed by atoms with van der Waals surface area (Å²) >= 11 is 0. The number of hydrogen-bond acceptors (Lipinski definition) is 2. The number of nitrogens with zero attached hydrogens (tertiary/aromatic N) is 1. The number of aryl methyl sites for hydroxylation is 1. The molecule has 1 aromatic carbocycles. The van der Waals surface area contributed by atoms with E-state index in [9.17, 15) is 0 Å². The van der Waals surface area contributed by atoms with Crippen LogP contribution in [0.2, 0.25) is 0 Å². The molecule has 16 heavy (non-hydrogen) atoms. The van der Waals surface area contributed by atoms with Gasteiger partial charge in [-0.3, -0.25) is 0 Å². The van der Waals surface area contributed by atoms with Crippen LogP contribution in [0.25, 0.3) is 0 Å². The SMILES string of the molecule is Cc1cc(N)ccc1CC1CCN(C)CC1. The Morgan fingerprint density at radius 3 is 2.62 bits per heavy atom. The topological polar surface area (TPSA) is 29.3 Å². The monoisotopic (exact) mass is 218 g/mol. The maximum Gasteiger partial charge on any atom is 0.0316 e. The van der Waals surface area contributed by atoms with Crippen molar-refractivity contribution in [1.29, 1.82) is 0 Å². The zero-order chi connectivity index (χ0) is 11.5. The average molecular weight is 218 g/mol. The Hall–Kier alpha value is -1.02. The highest BCUT2D eigenvalue weighted by Crippen LogP contribution is 2.23. The minimum Gasteiger partial charge on any atom is -0.399 e. The summed E-state index contributed by atoms with van der Waals surface area (Å²) in [5.74, 6) is 0.860. The van der Waals surface area contributed by atoms with Crippen LogP contribution in [0, 0.1) is 12.8 Å². The molecule has 0 amide bonds. The van der Waals surface area contributed by atoms with Crippen molar-refractivity contribution in [1.82, 2.24) is 4.90 Å². The third kappa shape index (κ3) is 2.76. The van der Waals surface area contributed by atoms with Crippen LogP contribution >= 0.6 is 0 Å². The van der Waals surface area contributed by atoms with Gasteiger partial charge in [0.05, 0.1) is 0 Å². The smallest absolute Gasteiger partial charge is 0.0316 e. The fourth-order valence-electron chi connectivity index (χ4n) is 2.53. The van der Waals surface area contributed by atoms with E-state index in [0.29, 0.717) is 0 Å². The van der Waals surface area contributed by atoms with Crippen LogP contribution in [-0.2, 0) is 6.42 Å². The highest BCUT2D eigenvalue weighted by molar-refractivity contribution is 5.44. The van der Waals surface area contributed by atoms with E-state index < -0.39 is 0 Å². The lowest BCUT2D eigenvalue weighted by Gasteiger charge is -2.29. The number of piperidine rings is 1. The van der Waals surface area contributed by atoms with E-state index in [1.807, 2.05) is 6.07 Å². The van der Waals surface area contributed by atoms with E-state index in [1.165, 1.54) is 43.5 Å². The highest BCUT2D eigenvalue weighted by atomic mass is 15.1. The van der Waals surface area contributed by atoms with Crippen LogP contribution in [0.3, 0.4) is 0 Å². The van der Waals surface area contributed by atoms with E-state index in [1.54, 1.807) is 0 Å².